The van der Waals surface area contributed by atoms with E-state index in [1.165, 1.54) is 33.4 Å². The van der Waals surface area contributed by atoms with Crippen molar-refractivity contribution in [1.82, 2.24) is 0 Å². The molecule has 4 rings (SSSR count). The highest BCUT2D eigenvalue weighted by atomic mass is 14.3. The van der Waals surface area contributed by atoms with Gasteiger partial charge in [-0.25, -0.2) is 0 Å². The predicted octanol–water partition coefficient (Wildman–Crippen LogP) is 6.11. The molecule has 0 heterocycles. The minimum absolute atomic E-state index is 0.420. The zero-order chi connectivity index (χ0) is 15.8. The molecule has 112 valence electrons. The first-order valence-corrected chi connectivity index (χ1v) is 8.17. The molecule has 0 fully saturated rings. The lowest BCUT2D eigenvalue weighted by Crippen LogP contribution is -2.06. The Hall–Kier alpha value is -2.60. The molecule has 0 saturated carbocycles. The Morgan fingerprint density at radius 3 is 1.57 bits per heavy atom. The van der Waals surface area contributed by atoms with Crippen LogP contribution in [-0.2, 0) is 0 Å². The molecule has 0 nitrogen and oxygen atoms in total. The topological polar surface area (TPSA) is 0 Å². The lowest BCUT2D eigenvalue weighted by molar-refractivity contribution is 0.658. The summed E-state index contributed by atoms with van der Waals surface area (Å²) in [4.78, 5) is 0. The van der Waals surface area contributed by atoms with Gasteiger partial charge in [-0.15, -0.1) is 0 Å². The summed E-state index contributed by atoms with van der Waals surface area (Å²) in [5.41, 5.74) is 8.19. The summed E-state index contributed by atoms with van der Waals surface area (Å²) in [6.45, 7) is 8.06. The van der Waals surface area contributed by atoms with Crippen molar-refractivity contribution >= 4 is 12.2 Å². The molecule has 0 N–H and O–H groups in total. The molecular formula is C23H20. The van der Waals surface area contributed by atoms with Crippen LogP contribution in [0.25, 0.3) is 12.2 Å². The van der Waals surface area contributed by atoms with Crippen LogP contribution in [0.1, 0.15) is 40.5 Å². The van der Waals surface area contributed by atoms with Gasteiger partial charge in [-0.2, -0.15) is 0 Å². The van der Waals surface area contributed by atoms with E-state index in [4.69, 9.17) is 0 Å². The summed E-state index contributed by atoms with van der Waals surface area (Å²) in [5.74, 6) is 0.839. The first-order valence-electron chi connectivity index (χ1n) is 8.17. The highest BCUT2D eigenvalue weighted by molar-refractivity contribution is 5.71. The van der Waals surface area contributed by atoms with Crippen molar-refractivity contribution < 1.29 is 0 Å². The first-order chi connectivity index (χ1) is 11.3. The van der Waals surface area contributed by atoms with Gasteiger partial charge < -0.3 is 0 Å². The van der Waals surface area contributed by atoms with Crippen molar-refractivity contribution in [3.8, 4) is 0 Å². The Morgan fingerprint density at radius 2 is 1.13 bits per heavy atom. The molecular weight excluding hydrogens is 276 g/mol. The van der Waals surface area contributed by atoms with Gasteiger partial charge in [0.2, 0.25) is 0 Å². The normalized spacial score (nSPS) is 21.2. The second-order valence-corrected chi connectivity index (χ2v) is 6.30. The number of benzene rings is 2. The van der Waals surface area contributed by atoms with Crippen LogP contribution in [0, 0.1) is 0 Å². The summed E-state index contributed by atoms with van der Waals surface area (Å²) in [6, 6.07) is 17.4. The van der Waals surface area contributed by atoms with Crippen LogP contribution < -0.4 is 0 Å². The number of fused-ring (bicyclic) bond motifs is 2. The van der Waals surface area contributed by atoms with Gasteiger partial charge >= 0.3 is 0 Å². The summed E-state index contributed by atoms with van der Waals surface area (Å²) in [6.07, 6.45) is 9.67. The van der Waals surface area contributed by atoms with E-state index < -0.39 is 0 Å². The SMILES string of the molecule is C=CC1=Cc2ccccc2C1CC1C(C=C)=Cc2ccccc21. The fourth-order valence-electron chi connectivity index (χ4n) is 4.00. The number of hydrogen-bond acceptors (Lipinski definition) is 0. The van der Waals surface area contributed by atoms with Gasteiger partial charge in [-0.3, -0.25) is 0 Å². The van der Waals surface area contributed by atoms with E-state index in [0.717, 1.165) is 6.42 Å². The molecule has 0 saturated heterocycles. The van der Waals surface area contributed by atoms with Gasteiger partial charge in [-0.1, -0.05) is 86.0 Å². The van der Waals surface area contributed by atoms with Crippen LogP contribution >= 0.6 is 0 Å². The Morgan fingerprint density at radius 1 is 0.696 bits per heavy atom. The molecule has 2 aromatic rings. The second-order valence-electron chi connectivity index (χ2n) is 6.30. The third-order valence-corrected chi connectivity index (χ3v) is 5.13. The Balaban J connectivity index is 1.73. The van der Waals surface area contributed by atoms with Crippen molar-refractivity contribution in [1.29, 1.82) is 0 Å². The maximum absolute atomic E-state index is 4.03. The molecule has 2 aliphatic carbocycles. The number of rotatable bonds is 4. The van der Waals surface area contributed by atoms with E-state index in [2.05, 4.69) is 73.8 Å². The second kappa shape index (κ2) is 5.55. The maximum atomic E-state index is 4.03. The van der Waals surface area contributed by atoms with E-state index in [1.54, 1.807) is 0 Å². The minimum atomic E-state index is 0.420. The molecule has 2 aromatic carbocycles. The minimum Gasteiger partial charge on any atom is -0.0988 e. The summed E-state index contributed by atoms with van der Waals surface area (Å²) in [5, 5.41) is 0. The van der Waals surface area contributed by atoms with Crippen molar-refractivity contribution in [3.63, 3.8) is 0 Å². The van der Waals surface area contributed by atoms with Crippen molar-refractivity contribution in [2.75, 3.05) is 0 Å². The highest BCUT2D eigenvalue weighted by Crippen LogP contribution is 2.47. The third kappa shape index (κ3) is 2.22. The smallest absolute Gasteiger partial charge is 0.0104 e. The van der Waals surface area contributed by atoms with Gasteiger partial charge in [0.05, 0.1) is 0 Å². The number of hydrogen-bond donors (Lipinski definition) is 0. The van der Waals surface area contributed by atoms with Gasteiger partial charge in [-0.05, 0) is 39.8 Å². The van der Waals surface area contributed by atoms with Crippen molar-refractivity contribution in [3.05, 3.63) is 107 Å². The third-order valence-electron chi connectivity index (χ3n) is 5.13. The van der Waals surface area contributed by atoms with Crippen LogP contribution in [0.2, 0.25) is 0 Å². The van der Waals surface area contributed by atoms with E-state index in [1.807, 2.05) is 12.2 Å². The molecule has 0 amide bonds. The maximum Gasteiger partial charge on any atom is 0.0104 e. The Labute approximate surface area is 138 Å². The lowest BCUT2D eigenvalue weighted by atomic mass is 9.81. The predicted molar refractivity (Wildman–Crippen MR) is 99.3 cm³/mol. The monoisotopic (exact) mass is 296 g/mol. The van der Waals surface area contributed by atoms with Crippen LogP contribution in [0.4, 0.5) is 0 Å². The van der Waals surface area contributed by atoms with Crippen LogP contribution in [0.3, 0.4) is 0 Å². The summed E-state index contributed by atoms with van der Waals surface area (Å²) < 4.78 is 0. The van der Waals surface area contributed by atoms with E-state index in [0.29, 0.717) is 11.8 Å². The van der Waals surface area contributed by atoms with Crippen molar-refractivity contribution in [2.45, 2.75) is 18.3 Å². The lowest BCUT2D eigenvalue weighted by Gasteiger charge is -2.22. The van der Waals surface area contributed by atoms with Crippen LogP contribution in [0.5, 0.6) is 0 Å². The van der Waals surface area contributed by atoms with Crippen molar-refractivity contribution in [2.24, 2.45) is 0 Å². The summed E-state index contributed by atoms with van der Waals surface area (Å²) in [7, 11) is 0. The van der Waals surface area contributed by atoms with E-state index in [-0.39, 0.29) is 0 Å². The van der Waals surface area contributed by atoms with E-state index in [9.17, 15) is 0 Å². The zero-order valence-electron chi connectivity index (χ0n) is 13.2. The number of allylic oxidation sites excluding steroid dienone is 4. The molecule has 2 atom stereocenters. The fraction of sp³-hybridized carbons (Fsp3) is 0.130. The zero-order valence-corrected chi connectivity index (χ0v) is 13.2. The Bertz CT molecular complexity index is 776. The fourth-order valence-corrected chi connectivity index (χ4v) is 4.00. The van der Waals surface area contributed by atoms with Gasteiger partial charge in [0.15, 0.2) is 0 Å². The molecule has 23 heavy (non-hydrogen) atoms. The molecule has 0 radical (unpaired) electrons. The standard InChI is InChI=1S/C23H20/c1-3-16-13-18-9-5-7-11-20(18)22(16)15-23-17(4-2)14-19-10-6-8-12-21(19)23/h3-14,22-23H,1-2,15H2. The highest BCUT2D eigenvalue weighted by Gasteiger charge is 2.30. The average Bonchev–Trinajstić information content (AvgIpc) is 3.14. The molecule has 0 heteroatoms. The molecule has 0 spiro atoms. The molecule has 0 aromatic heterocycles. The van der Waals surface area contributed by atoms with Crippen LogP contribution in [0.15, 0.2) is 85.0 Å². The largest absolute Gasteiger partial charge is 0.0988 e. The van der Waals surface area contributed by atoms with E-state index >= 15 is 0 Å². The molecule has 0 bridgehead atoms. The molecule has 2 aliphatic rings. The molecule has 2 unspecified atom stereocenters. The van der Waals surface area contributed by atoms with Crippen LogP contribution in [-0.4, -0.2) is 0 Å². The Kier molecular flexibility index (Phi) is 3.38. The van der Waals surface area contributed by atoms with Gasteiger partial charge in [0, 0.05) is 11.8 Å². The van der Waals surface area contributed by atoms with Gasteiger partial charge in [0.25, 0.3) is 0 Å². The summed E-state index contributed by atoms with van der Waals surface area (Å²) >= 11 is 0. The molecule has 0 aliphatic heterocycles. The average molecular weight is 296 g/mol. The quantitative estimate of drug-likeness (QED) is 0.638. The first kappa shape index (κ1) is 14.0. The van der Waals surface area contributed by atoms with Gasteiger partial charge in [0.1, 0.15) is 0 Å².